The van der Waals surface area contributed by atoms with E-state index in [1.54, 1.807) is 5.57 Å². The van der Waals surface area contributed by atoms with Crippen LogP contribution in [0.5, 0.6) is 0 Å². The van der Waals surface area contributed by atoms with Crippen LogP contribution >= 0.6 is 0 Å². The van der Waals surface area contributed by atoms with E-state index in [4.69, 9.17) is 4.74 Å². The van der Waals surface area contributed by atoms with Crippen LogP contribution in [0.25, 0.3) is 0 Å². The highest BCUT2D eigenvalue weighted by Gasteiger charge is 2.79. The third-order valence-electron chi connectivity index (χ3n) is 10.9. The summed E-state index contributed by atoms with van der Waals surface area (Å²) in [5.74, 6) is 6.32. The van der Waals surface area contributed by atoms with Crippen LogP contribution in [0, 0.1) is 52.8 Å². The van der Waals surface area contributed by atoms with E-state index >= 15 is 0 Å². The zero-order valence-corrected chi connectivity index (χ0v) is 17.5. The van der Waals surface area contributed by atoms with E-state index in [2.05, 4.69) is 18.2 Å². The van der Waals surface area contributed by atoms with Gasteiger partial charge in [-0.15, -0.1) is 0 Å². The molecule has 6 fully saturated rings. The summed E-state index contributed by atoms with van der Waals surface area (Å²) in [5.41, 5.74) is 2.56. The van der Waals surface area contributed by atoms with Gasteiger partial charge in [0.15, 0.2) is 0 Å². The molecule has 1 aliphatic heterocycles. The number of hydrogen-bond donors (Lipinski definition) is 1. The molecule has 29 heavy (non-hydrogen) atoms. The van der Waals surface area contributed by atoms with Gasteiger partial charge in [-0.3, -0.25) is 4.79 Å². The number of ether oxygens (including phenoxy) is 1. The number of hydrogen-bond acceptors (Lipinski definition) is 4. The number of nitrogens with zero attached hydrogens (tertiary/aromatic N) is 1. The summed E-state index contributed by atoms with van der Waals surface area (Å²) < 4.78 is 6.27. The lowest BCUT2D eigenvalue weighted by Gasteiger charge is -2.59. The lowest BCUT2D eigenvalue weighted by atomic mass is 9.46. The molecule has 1 N–H and O–H groups in total. The van der Waals surface area contributed by atoms with Crippen molar-refractivity contribution in [2.45, 2.75) is 76.7 Å². The van der Waals surface area contributed by atoms with Gasteiger partial charge < -0.3 is 9.94 Å². The minimum atomic E-state index is -0.127. The van der Waals surface area contributed by atoms with E-state index in [1.165, 1.54) is 44.9 Å². The molecule has 6 unspecified atom stereocenters. The molecule has 0 aromatic rings. The van der Waals surface area contributed by atoms with Gasteiger partial charge in [0.05, 0.1) is 5.71 Å². The predicted molar refractivity (Wildman–Crippen MR) is 108 cm³/mol. The molecule has 4 heteroatoms. The molecule has 5 saturated carbocycles. The Hall–Kier alpha value is -1.32. The molecular formula is C25H33NO3. The summed E-state index contributed by atoms with van der Waals surface area (Å²) in [7, 11) is 0. The Morgan fingerprint density at radius 3 is 2.69 bits per heavy atom. The Morgan fingerprint density at radius 2 is 1.97 bits per heavy atom. The molecule has 0 radical (unpaired) electrons. The first-order valence-corrected chi connectivity index (χ1v) is 12.2. The maximum atomic E-state index is 12.2. The third kappa shape index (κ3) is 2.07. The molecule has 1 spiro atoms. The van der Waals surface area contributed by atoms with E-state index in [0.29, 0.717) is 18.3 Å². The van der Waals surface area contributed by atoms with Crippen molar-refractivity contribution in [1.82, 2.24) is 0 Å². The SMILES string of the molecule is C[C@]12CCC3C(C(C4CC4)CC4=C/C(=N/O)CC[C@@H]43)C1C1CC1[C@@]21CCC(=O)O1. The molecule has 0 amide bonds. The highest BCUT2D eigenvalue weighted by atomic mass is 16.6. The first-order chi connectivity index (χ1) is 14.1. The van der Waals surface area contributed by atoms with Crippen LogP contribution in [0.3, 0.4) is 0 Å². The molecule has 9 atom stereocenters. The van der Waals surface area contributed by atoms with Gasteiger partial charge >= 0.3 is 5.97 Å². The fraction of sp³-hybridized carbons (Fsp3) is 0.840. The second-order valence-electron chi connectivity index (χ2n) is 11.8. The van der Waals surface area contributed by atoms with Gasteiger partial charge in [-0.05, 0) is 105 Å². The van der Waals surface area contributed by atoms with Crippen molar-refractivity contribution in [3.8, 4) is 0 Å². The van der Waals surface area contributed by atoms with E-state index in [0.717, 1.165) is 54.1 Å². The second-order valence-corrected chi connectivity index (χ2v) is 11.8. The zero-order chi connectivity index (χ0) is 19.5. The summed E-state index contributed by atoms with van der Waals surface area (Å²) in [6.45, 7) is 2.52. The van der Waals surface area contributed by atoms with Gasteiger partial charge in [0.1, 0.15) is 5.60 Å². The van der Waals surface area contributed by atoms with Crippen molar-refractivity contribution < 1.29 is 14.7 Å². The van der Waals surface area contributed by atoms with Crippen molar-refractivity contribution >= 4 is 11.7 Å². The van der Waals surface area contributed by atoms with E-state index in [1.807, 2.05) is 0 Å². The van der Waals surface area contributed by atoms with Crippen LogP contribution in [0.2, 0.25) is 0 Å². The van der Waals surface area contributed by atoms with Crippen molar-refractivity contribution in [2.75, 3.05) is 0 Å². The average Bonchev–Trinajstić information content (AvgIpc) is 3.64. The minimum Gasteiger partial charge on any atom is -0.458 e. The number of oxime groups is 1. The molecular weight excluding hydrogens is 362 g/mol. The molecule has 1 saturated heterocycles. The fourth-order valence-electron chi connectivity index (χ4n) is 9.72. The monoisotopic (exact) mass is 395 g/mol. The summed E-state index contributed by atoms with van der Waals surface area (Å²) in [6, 6.07) is 0. The quantitative estimate of drug-likeness (QED) is 0.388. The van der Waals surface area contributed by atoms with Crippen LogP contribution in [0.1, 0.15) is 71.1 Å². The molecule has 0 bridgehead atoms. The van der Waals surface area contributed by atoms with Gasteiger partial charge in [0.2, 0.25) is 0 Å². The predicted octanol–water partition coefficient (Wildman–Crippen LogP) is 4.96. The van der Waals surface area contributed by atoms with E-state index in [-0.39, 0.29) is 17.0 Å². The van der Waals surface area contributed by atoms with Crippen LogP contribution in [-0.4, -0.2) is 22.5 Å². The standard InChI is InChI=1S/C25H33NO3/c1-24-8-6-17-16-5-4-15(26-28)10-14(16)11-18(13-2-3-13)22(17)23(24)19-12-20(19)25(24)9-7-21(27)29-25/h10,13,16-20,22-23,28H,2-9,11-12H2,1H3/b26-15+/t16-,17?,18?,19?,20?,22?,23?,24-,25-/m0/s1. The van der Waals surface area contributed by atoms with Crippen molar-refractivity contribution in [3.63, 3.8) is 0 Å². The topological polar surface area (TPSA) is 58.9 Å². The first kappa shape index (κ1) is 17.4. The molecule has 0 aromatic heterocycles. The number of fused-ring (bicyclic) bond motifs is 9. The highest BCUT2D eigenvalue weighted by molar-refractivity contribution is 5.96. The maximum Gasteiger partial charge on any atom is 0.306 e. The van der Waals surface area contributed by atoms with E-state index < -0.39 is 0 Å². The summed E-state index contributed by atoms with van der Waals surface area (Å²) in [6.07, 6.45) is 13.9. The second kappa shape index (κ2) is 5.48. The molecule has 4 nitrogen and oxygen atoms in total. The van der Waals surface area contributed by atoms with E-state index in [9.17, 15) is 10.0 Å². The number of allylic oxidation sites excluding steroid dienone is 2. The lowest BCUT2D eigenvalue weighted by molar-refractivity contribution is -0.177. The van der Waals surface area contributed by atoms with Gasteiger partial charge in [-0.2, -0.15) is 0 Å². The number of esters is 1. The maximum absolute atomic E-state index is 12.2. The summed E-state index contributed by atoms with van der Waals surface area (Å²) in [5, 5.41) is 12.9. The first-order valence-electron chi connectivity index (χ1n) is 12.2. The number of carbonyl (C=O) groups excluding carboxylic acids is 1. The molecule has 7 rings (SSSR count). The van der Waals surface area contributed by atoms with Crippen LogP contribution in [0.15, 0.2) is 16.8 Å². The number of rotatable bonds is 1. The van der Waals surface area contributed by atoms with Crippen molar-refractivity contribution in [2.24, 2.45) is 57.9 Å². The summed E-state index contributed by atoms with van der Waals surface area (Å²) in [4.78, 5) is 12.2. The lowest BCUT2D eigenvalue weighted by Crippen LogP contribution is -2.57. The minimum absolute atomic E-state index is 0.0651. The molecule has 6 aliphatic carbocycles. The average molecular weight is 396 g/mol. The van der Waals surface area contributed by atoms with Crippen molar-refractivity contribution in [1.29, 1.82) is 0 Å². The van der Waals surface area contributed by atoms with Gasteiger partial charge in [-0.1, -0.05) is 17.7 Å². The zero-order valence-electron chi connectivity index (χ0n) is 17.5. The molecule has 1 heterocycles. The van der Waals surface area contributed by atoms with Crippen molar-refractivity contribution in [3.05, 3.63) is 11.6 Å². The number of carbonyl (C=O) groups is 1. The smallest absolute Gasteiger partial charge is 0.306 e. The largest absolute Gasteiger partial charge is 0.458 e. The molecule has 156 valence electrons. The van der Waals surface area contributed by atoms with Gasteiger partial charge in [0.25, 0.3) is 0 Å². The summed E-state index contributed by atoms with van der Waals surface area (Å²) >= 11 is 0. The van der Waals surface area contributed by atoms with Crippen LogP contribution in [-0.2, 0) is 9.53 Å². The van der Waals surface area contributed by atoms with Crippen LogP contribution < -0.4 is 0 Å². The molecule has 7 aliphatic rings. The third-order valence-corrected chi connectivity index (χ3v) is 10.9. The Balaban J connectivity index is 1.30. The molecule has 0 aromatic carbocycles. The van der Waals surface area contributed by atoms with Gasteiger partial charge in [-0.25, -0.2) is 0 Å². The Bertz CT molecular complexity index is 843. The van der Waals surface area contributed by atoms with Gasteiger partial charge in [0, 0.05) is 17.8 Å². The van der Waals surface area contributed by atoms with Crippen LogP contribution in [0.4, 0.5) is 0 Å². The Kier molecular flexibility index (Phi) is 3.28. The fourth-order valence-corrected chi connectivity index (χ4v) is 9.72. The Labute approximate surface area is 173 Å². The highest BCUT2D eigenvalue weighted by Crippen LogP contribution is 2.79. The Morgan fingerprint density at radius 1 is 1.10 bits per heavy atom. The normalized spacial score (nSPS) is 56.3.